The molecule has 0 aromatic heterocycles. The molecule has 0 aromatic carbocycles. The molecule has 0 saturated heterocycles. The van der Waals surface area contributed by atoms with Crippen molar-refractivity contribution in [2.75, 3.05) is 0 Å². The Morgan fingerprint density at radius 2 is 1.20 bits per heavy atom. The summed E-state index contributed by atoms with van der Waals surface area (Å²) < 4.78 is 0. The maximum Gasteiger partial charge on any atom is 2.00 e. The van der Waals surface area contributed by atoms with Gasteiger partial charge in [-0.2, -0.15) is 0 Å². The predicted molar refractivity (Wildman–Crippen MR) is 17.1 cm³/mol. The van der Waals surface area contributed by atoms with Gasteiger partial charge in [0.15, 0.2) is 0 Å². The molecule has 0 rings (SSSR count). The Hall–Kier alpha value is 0.607. The molecular weight excluding hydrogens is 109 g/mol. The zero-order valence-corrected chi connectivity index (χ0v) is 4.19. The second-order valence-corrected chi connectivity index (χ2v) is 0. The van der Waals surface area contributed by atoms with Gasteiger partial charge < -0.3 is 19.3 Å². The Kier molecular flexibility index (Phi) is 1500. The van der Waals surface area contributed by atoms with Crippen LogP contribution in [0.15, 0.2) is 0 Å². The van der Waals surface area contributed by atoms with Crippen LogP contribution in [0.25, 0.3) is 0 Å². The van der Waals surface area contributed by atoms with Gasteiger partial charge in [0.25, 0.3) is 0 Å². The Labute approximate surface area is 55.4 Å². The van der Waals surface area contributed by atoms with Gasteiger partial charge in [0.1, 0.15) is 0 Å². The molecule has 5 heavy (non-hydrogen) atoms. The van der Waals surface area contributed by atoms with E-state index in [1.807, 2.05) is 0 Å². The van der Waals surface area contributed by atoms with Gasteiger partial charge in [-0.05, 0) is 0 Å². The van der Waals surface area contributed by atoms with E-state index in [0.717, 1.165) is 0 Å². The molecule has 1 nitrogen and oxygen atoms in total. The van der Waals surface area contributed by atoms with Crippen LogP contribution in [0.4, 0.5) is 0 Å². The summed E-state index contributed by atoms with van der Waals surface area (Å²) in [7, 11) is 0. The molecule has 0 amide bonds. The normalized spacial score (nSPS) is 0.400. The Morgan fingerprint density at radius 1 is 1.20 bits per heavy atom. The third-order valence-corrected chi connectivity index (χ3v) is 0. The van der Waals surface area contributed by atoms with Crippen LogP contribution >= 0.6 is 0 Å². The number of nitrogens with zero attached hydrogens (tertiary/aromatic N) is 1. The fraction of sp³-hybridized carbons (Fsp3) is 0. The van der Waals surface area contributed by atoms with Crippen LogP contribution in [-0.4, -0.2) is 18.9 Å². The van der Waals surface area contributed by atoms with E-state index in [2.05, 4.69) is 0 Å². The molecule has 0 N–H and O–H groups in total. The quantitative estimate of drug-likeness (QED) is 0.323. The standard InChI is InChI=1S/CN.CH3.Cu.Li/c1-2;;;/h;1H3;;/q2*-1;+2;. The smallest absolute Gasteiger partial charge is 0.512 e. The van der Waals surface area contributed by atoms with Crippen molar-refractivity contribution < 1.29 is 17.1 Å². The maximum absolute atomic E-state index is 6.25. The predicted octanol–water partition coefficient (Wildman–Crippen LogP) is 0.163. The summed E-state index contributed by atoms with van der Waals surface area (Å²) in [6.45, 7) is 4.75. The first kappa shape index (κ1) is 46.1. The van der Waals surface area contributed by atoms with Gasteiger partial charge in [0, 0.05) is 18.9 Å². The molecule has 0 atom stereocenters. The summed E-state index contributed by atoms with van der Waals surface area (Å²) in [6.07, 6.45) is 0. The molecule has 0 aliphatic carbocycles. The number of hydrogen-bond acceptors (Lipinski definition) is 1. The minimum absolute atomic E-state index is 0. The monoisotopic (exact) mass is 111 g/mol. The molecule has 0 fully saturated rings. The van der Waals surface area contributed by atoms with Gasteiger partial charge in [-0.15, -0.1) is 0 Å². The van der Waals surface area contributed by atoms with Crippen LogP contribution in [0, 0.1) is 19.3 Å². The molecular formula is C2H3CuLiN. The van der Waals surface area contributed by atoms with Crippen LogP contribution in [0.5, 0.6) is 0 Å². The molecule has 0 aromatic rings. The van der Waals surface area contributed by atoms with Gasteiger partial charge in [-0.25, -0.2) is 0 Å². The van der Waals surface area contributed by atoms with E-state index in [4.69, 9.17) is 11.8 Å². The van der Waals surface area contributed by atoms with Gasteiger partial charge in [-0.1, -0.05) is 0 Å². The zero-order chi connectivity index (χ0) is 2.00. The molecule has 0 bridgehead atoms. The fourth-order valence-corrected chi connectivity index (χ4v) is 0. The van der Waals surface area contributed by atoms with Crippen LogP contribution in [-0.2, 0) is 17.1 Å². The SMILES string of the molecule is [C-]#N.[CH3-].[Cu+2].[Li]. The van der Waals surface area contributed by atoms with Crippen molar-refractivity contribution in [3.63, 3.8) is 0 Å². The second-order valence-electron chi connectivity index (χ2n) is 0. The third kappa shape index (κ3) is 85.0. The maximum atomic E-state index is 6.25. The summed E-state index contributed by atoms with van der Waals surface area (Å²) in [4.78, 5) is 0. The van der Waals surface area contributed by atoms with Gasteiger partial charge in [-0.3, -0.25) is 0 Å². The van der Waals surface area contributed by atoms with Gasteiger partial charge in [0.2, 0.25) is 0 Å². The summed E-state index contributed by atoms with van der Waals surface area (Å²) in [5, 5.41) is 6.25. The Balaban J connectivity index is -0.00000000167. The first-order valence-corrected chi connectivity index (χ1v) is 0.224. The zero-order valence-electron chi connectivity index (χ0n) is 3.25. The first-order valence-electron chi connectivity index (χ1n) is 0.224. The molecule has 28 valence electrons. The van der Waals surface area contributed by atoms with Crippen LogP contribution in [0.2, 0.25) is 0 Å². The van der Waals surface area contributed by atoms with Crippen LogP contribution < -0.4 is 0 Å². The second kappa shape index (κ2) is 163. The average molecular weight is 112 g/mol. The van der Waals surface area contributed by atoms with E-state index in [0.29, 0.717) is 0 Å². The van der Waals surface area contributed by atoms with E-state index in [9.17, 15) is 0 Å². The minimum atomic E-state index is 0. The fourth-order valence-electron chi connectivity index (χ4n) is 0. The van der Waals surface area contributed by atoms with E-state index in [1.54, 1.807) is 0 Å². The molecule has 0 heterocycles. The molecule has 3 heteroatoms. The summed E-state index contributed by atoms with van der Waals surface area (Å²) in [6, 6.07) is 0. The molecule has 0 aliphatic heterocycles. The van der Waals surface area contributed by atoms with Crippen molar-refractivity contribution in [1.82, 2.24) is 0 Å². The average Bonchev–Trinajstić information content (AvgIpc) is 1.00. The van der Waals surface area contributed by atoms with E-state index < -0.39 is 0 Å². The molecule has 0 saturated carbocycles. The topological polar surface area (TPSA) is 23.8 Å². The van der Waals surface area contributed by atoms with Gasteiger partial charge in [0.05, 0.1) is 0 Å². The van der Waals surface area contributed by atoms with Crippen molar-refractivity contribution >= 4 is 18.9 Å². The van der Waals surface area contributed by atoms with Gasteiger partial charge >= 0.3 is 17.1 Å². The van der Waals surface area contributed by atoms with E-state index in [-0.39, 0.29) is 43.4 Å². The first-order chi connectivity index (χ1) is 1.00. The Bertz CT molecular complexity index is 14.4. The van der Waals surface area contributed by atoms with Crippen molar-refractivity contribution in [3.8, 4) is 0 Å². The van der Waals surface area contributed by atoms with Crippen molar-refractivity contribution in [2.45, 2.75) is 0 Å². The van der Waals surface area contributed by atoms with Crippen molar-refractivity contribution in [2.24, 2.45) is 0 Å². The van der Waals surface area contributed by atoms with E-state index in [1.165, 1.54) is 0 Å². The van der Waals surface area contributed by atoms with Crippen LogP contribution in [0.3, 0.4) is 0 Å². The van der Waals surface area contributed by atoms with Crippen molar-refractivity contribution in [1.29, 1.82) is 5.26 Å². The molecule has 2 radical (unpaired) electrons. The Morgan fingerprint density at radius 3 is 1.20 bits per heavy atom. The molecule has 0 spiro atoms. The molecule has 0 aliphatic rings. The van der Waals surface area contributed by atoms with Crippen LogP contribution in [0.1, 0.15) is 0 Å². The number of hydrogen-bond donors (Lipinski definition) is 0. The summed E-state index contributed by atoms with van der Waals surface area (Å²) >= 11 is 0. The third-order valence-electron chi connectivity index (χ3n) is 0. The summed E-state index contributed by atoms with van der Waals surface area (Å²) in [5.74, 6) is 0. The van der Waals surface area contributed by atoms with Crippen molar-refractivity contribution in [3.05, 3.63) is 14.0 Å². The summed E-state index contributed by atoms with van der Waals surface area (Å²) in [5.41, 5.74) is 0. The largest absolute Gasteiger partial charge is 2.00 e. The minimum Gasteiger partial charge on any atom is -0.512 e. The molecule has 0 unspecified atom stereocenters. The number of rotatable bonds is 0. The van der Waals surface area contributed by atoms with E-state index >= 15 is 0 Å².